The van der Waals surface area contributed by atoms with E-state index in [0.29, 0.717) is 24.8 Å². The molecule has 1 N–H and O–H groups in total. The fourth-order valence-electron chi connectivity index (χ4n) is 1.67. The first kappa shape index (κ1) is 15.1. The van der Waals surface area contributed by atoms with Gasteiger partial charge >= 0.3 is 6.18 Å². The standard InChI is InChI=1S/C14H14F3N3O/c1-2-21-13-7-12(19-9-20-13)18-8-10-3-5-11(6-4-10)14(15,16)17/h3-7,9H,2,8H2,1H3,(H,18,19,20). The van der Waals surface area contributed by atoms with Gasteiger partial charge in [-0.05, 0) is 24.6 Å². The number of hydrogen-bond acceptors (Lipinski definition) is 4. The van der Waals surface area contributed by atoms with E-state index in [0.717, 1.165) is 17.7 Å². The SMILES string of the molecule is CCOc1cc(NCc2ccc(C(F)(F)F)cc2)ncn1. The highest BCUT2D eigenvalue weighted by Gasteiger charge is 2.29. The van der Waals surface area contributed by atoms with Gasteiger partial charge in [-0.25, -0.2) is 9.97 Å². The van der Waals surface area contributed by atoms with Crippen LogP contribution in [0.25, 0.3) is 0 Å². The van der Waals surface area contributed by atoms with Crippen molar-refractivity contribution in [2.75, 3.05) is 11.9 Å². The van der Waals surface area contributed by atoms with E-state index in [4.69, 9.17) is 4.74 Å². The van der Waals surface area contributed by atoms with Gasteiger partial charge in [-0.15, -0.1) is 0 Å². The molecule has 2 aromatic rings. The largest absolute Gasteiger partial charge is 0.478 e. The van der Waals surface area contributed by atoms with Crippen LogP contribution in [0.3, 0.4) is 0 Å². The number of rotatable bonds is 5. The monoisotopic (exact) mass is 297 g/mol. The summed E-state index contributed by atoms with van der Waals surface area (Å²) in [5, 5.41) is 3.01. The van der Waals surface area contributed by atoms with Crippen LogP contribution in [-0.4, -0.2) is 16.6 Å². The first-order valence-corrected chi connectivity index (χ1v) is 6.34. The predicted octanol–water partition coefficient (Wildman–Crippen LogP) is 3.51. The Morgan fingerprint density at radius 3 is 2.48 bits per heavy atom. The predicted molar refractivity (Wildman–Crippen MR) is 72.0 cm³/mol. The van der Waals surface area contributed by atoms with Crippen molar-refractivity contribution in [3.05, 3.63) is 47.8 Å². The second-order valence-corrected chi connectivity index (χ2v) is 4.22. The van der Waals surface area contributed by atoms with Gasteiger partial charge in [0.15, 0.2) is 0 Å². The first-order valence-electron chi connectivity index (χ1n) is 6.34. The molecule has 0 aliphatic heterocycles. The number of aromatic nitrogens is 2. The van der Waals surface area contributed by atoms with Gasteiger partial charge in [0.05, 0.1) is 12.2 Å². The summed E-state index contributed by atoms with van der Waals surface area (Å²) in [5.41, 5.74) is 0.0616. The van der Waals surface area contributed by atoms with Crippen LogP contribution in [0, 0.1) is 0 Å². The topological polar surface area (TPSA) is 47.0 Å². The molecule has 0 atom stereocenters. The number of nitrogens with one attached hydrogen (secondary N) is 1. The van der Waals surface area contributed by atoms with E-state index >= 15 is 0 Å². The Labute approximate surface area is 120 Å². The zero-order valence-electron chi connectivity index (χ0n) is 11.3. The number of anilines is 1. The summed E-state index contributed by atoms with van der Waals surface area (Å²) in [4.78, 5) is 7.94. The van der Waals surface area contributed by atoms with Gasteiger partial charge in [0.2, 0.25) is 5.88 Å². The number of ether oxygens (including phenoxy) is 1. The molecule has 0 aliphatic carbocycles. The number of nitrogens with zero attached hydrogens (tertiary/aromatic N) is 2. The Balaban J connectivity index is 1.98. The molecule has 7 heteroatoms. The molecule has 0 aliphatic rings. The molecule has 1 aromatic heterocycles. The molecule has 0 fully saturated rings. The molecule has 1 aromatic carbocycles. The Kier molecular flexibility index (Phi) is 4.62. The zero-order valence-corrected chi connectivity index (χ0v) is 11.3. The van der Waals surface area contributed by atoms with Crippen molar-refractivity contribution in [3.63, 3.8) is 0 Å². The minimum Gasteiger partial charge on any atom is -0.478 e. The van der Waals surface area contributed by atoms with Crippen molar-refractivity contribution in [3.8, 4) is 5.88 Å². The molecule has 0 unspecified atom stereocenters. The summed E-state index contributed by atoms with van der Waals surface area (Å²) < 4.78 is 42.6. The summed E-state index contributed by atoms with van der Waals surface area (Å²) in [6.45, 7) is 2.70. The lowest BCUT2D eigenvalue weighted by Gasteiger charge is -2.09. The van der Waals surface area contributed by atoms with Gasteiger partial charge in [-0.3, -0.25) is 0 Å². The molecule has 21 heavy (non-hydrogen) atoms. The molecule has 0 bridgehead atoms. The van der Waals surface area contributed by atoms with E-state index < -0.39 is 11.7 Å². The fraction of sp³-hybridized carbons (Fsp3) is 0.286. The highest BCUT2D eigenvalue weighted by atomic mass is 19.4. The quantitative estimate of drug-likeness (QED) is 0.917. The maximum Gasteiger partial charge on any atom is 0.416 e. The zero-order chi connectivity index (χ0) is 15.3. The first-order chi connectivity index (χ1) is 9.99. The fourth-order valence-corrected chi connectivity index (χ4v) is 1.67. The lowest BCUT2D eigenvalue weighted by atomic mass is 10.1. The molecule has 0 radical (unpaired) electrons. The Morgan fingerprint density at radius 1 is 1.14 bits per heavy atom. The van der Waals surface area contributed by atoms with E-state index in [1.54, 1.807) is 6.07 Å². The Bertz CT molecular complexity index is 585. The smallest absolute Gasteiger partial charge is 0.416 e. The van der Waals surface area contributed by atoms with Crippen LogP contribution < -0.4 is 10.1 Å². The summed E-state index contributed by atoms with van der Waals surface area (Å²) in [6.07, 6.45) is -2.95. The second kappa shape index (κ2) is 6.43. The van der Waals surface area contributed by atoms with Crippen LogP contribution >= 0.6 is 0 Å². The molecular formula is C14H14F3N3O. The minimum absolute atomic E-state index is 0.362. The minimum atomic E-state index is -4.31. The van der Waals surface area contributed by atoms with E-state index in [1.807, 2.05) is 6.92 Å². The lowest BCUT2D eigenvalue weighted by Crippen LogP contribution is -2.06. The maximum absolute atomic E-state index is 12.4. The molecule has 0 saturated heterocycles. The average Bonchev–Trinajstić information content (AvgIpc) is 2.45. The van der Waals surface area contributed by atoms with Crippen molar-refractivity contribution in [2.24, 2.45) is 0 Å². The van der Waals surface area contributed by atoms with Crippen LogP contribution in [-0.2, 0) is 12.7 Å². The van der Waals surface area contributed by atoms with Crippen LogP contribution in [0.15, 0.2) is 36.7 Å². The molecule has 0 amide bonds. The number of benzene rings is 1. The van der Waals surface area contributed by atoms with Crippen molar-refractivity contribution >= 4 is 5.82 Å². The highest BCUT2D eigenvalue weighted by molar-refractivity contribution is 5.38. The summed E-state index contributed by atoms with van der Waals surface area (Å²) in [6, 6.07) is 6.61. The van der Waals surface area contributed by atoms with Gasteiger partial charge in [0.25, 0.3) is 0 Å². The van der Waals surface area contributed by atoms with Crippen LogP contribution in [0.2, 0.25) is 0 Å². The van der Waals surface area contributed by atoms with Crippen molar-refractivity contribution < 1.29 is 17.9 Å². The highest BCUT2D eigenvalue weighted by Crippen LogP contribution is 2.29. The van der Waals surface area contributed by atoms with E-state index in [9.17, 15) is 13.2 Å². The summed E-state index contributed by atoms with van der Waals surface area (Å²) >= 11 is 0. The van der Waals surface area contributed by atoms with E-state index in [-0.39, 0.29) is 0 Å². The van der Waals surface area contributed by atoms with E-state index in [2.05, 4.69) is 15.3 Å². The molecule has 112 valence electrons. The molecule has 1 heterocycles. The maximum atomic E-state index is 12.4. The van der Waals surface area contributed by atoms with Gasteiger partial charge in [-0.2, -0.15) is 13.2 Å². The molecule has 0 saturated carbocycles. The Morgan fingerprint density at radius 2 is 1.86 bits per heavy atom. The average molecular weight is 297 g/mol. The van der Waals surface area contributed by atoms with E-state index in [1.165, 1.54) is 18.5 Å². The number of hydrogen-bond donors (Lipinski definition) is 1. The van der Waals surface area contributed by atoms with Gasteiger partial charge in [-0.1, -0.05) is 12.1 Å². The third kappa shape index (κ3) is 4.34. The van der Waals surface area contributed by atoms with Crippen LogP contribution in [0.5, 0.6) is 5.88 Å². The van der Waals surface area contributed by atoms with Gasteiger partial charge in [0, 0.05) is 12.6 Å². The van der Waals surface area contributed by atoms with Crippen molar-refractivity contribution in [2.45, 2.75) is 19.6 Å². The van der Waals surface area contributed by atoms with Crippen LogP contribution in [0.1, 0.15) is 18.1 Å². The van der Waals surface area contributed by atoms with Gasteiger partial charge in [0.1, 0.15) is 12.1 Å². The normalized spacial score (nSPS) is 11.2. The van der Waals surface area contributed by atoms with Crippen LogP contribution in [0.4, 0.5) is 19.0 Å². The Hall–Kier alpha value is -2.31. The molecule has 2 rings (SSSR count). The molecular weight excluding hydrogens is 283 g/mol. The number of halogens is 3. The molecule has 0 spiro atoms. The summed E-state index contributed by atoms with van der Waals surface area (Å²) in [5.74, 6) is 0.996. The second-order valence-electron chi connectivity index (χ2n) is 4.22. The third-order valence-corrected chi connectivity index (χ3v) is 2.69. The van der Waals surface area contributed by atoms with Gasteiger partial charge < -0.3 is 10.1 Å². The number of alkyl halides is 3. The van der Waals surface area contributed by atoms with Crippen molar-refractivity contribution in [1.29, 1.82) is 0 Å². The van der Waals surface area contributed by atoms with Crippen molar-refractivity contribution in [1.82, 2.24) is 9.97 Å². The summed E-state index contributed by atoms with van der Waals surface area (Å²) in [7, 11) is 0. The lowest BCUT2D eigenvalue weighted by molar-refractivity contribution is -0.137. The molecule has 4 nitrogen and oxygen atoms in total. The third-order valence-electron chi connectivity index (χ3n) is 2.69.